The first-order valence-corrected chi connectivity index (χ1v) is 11.2. The summed E-state index contributed by atoms with van der Waals surface area (Å²) >= 11 is 0. The number of aliphatic hydroxyl groups is 3. The number of ether oxygens (including phenoxy) is 1. The number of cyclic esters (lactones) is 1. The largest absolute Gasteiger partial charge is 0.458 e. The van der Waals surface area contributed by atoms with Gasteiger partial charge in [-0.3, -0.25) is 0 Å². The van der Waals surface area contributed by atoms with Crippen LogP contribution < -0.4 is 0 Å². The van der Waals surface area contributed by atoms with Crippen molar-refractivity contribution in [2.24, 2.45) is 34.5 Å². The van der Waals surface area contributed by atoms with Gasteiger partial charge in [0.15, 0.2) is 0 Å². The van der Waals surface area contributed by atoms with E-state index < -0.39 is 23.2 Å². The third-order valence-electron chi connectivity index (χ3n) is 9.81. The zero-order valence-corrected chi connectivity index (χ0v) is 17.0. The van der Waals surface area contributed by atoms with Gasteiger partial charge in [0.05, 0.1) is 17.8 Å². The molecule has 3 N–H and O–H groups in total. The second-order valence-corrected chi connectivity index (χ2v) is 10.6. The lowest BCUT2D eigenvalue weighted by Crippen LogP contribution is -2.64. The molecule has 1 aliphatic heterocycles. The van der Waals surface area contributed by atoms with Crippen LogP contribution in [0.15, 0.2) is 11.6 Å². The van der Waals surface area contributed by atoms with Crippen LogP contribution in [0.4, 0.5) is 0 Å². The molecule has 6 heteroatoms. The summed E-state index contributed by atoms with van der Waals surface area (Å²) in [7, 11) is 0. The Kier molecular flexibility index (Phi) is 4.34. The van der Waals surface area contributed by atoms with Crippen molar-refractivity contribution in [2.45, 2.75) is 76.1 Å². The maximum absolute atomic E-state index is 12.5. The number of rotatable bonds is 2. The van der Waals surface area contributed by atoms with E-state index in [9.17, 15) is 24.9 Å². The van der Waals surface area contributed by atoms with Crippen LogP contribution >= 0.6 is 0 Å². The van der Waals surface area contributed by atoms with Crippen molar-refractivity contribution < 1.29 is 29.6 Å². The van der Waals surface area contributed by atoms with Crippen LogP contribution in [-0.2, 0) is 14.3 Å². The summed E-state index contributed by atoms with van der Waals surface area (Å²) in [5.74, 6) is -0.0400. The first-order chi connectivity index (χ1) is 13.7. The lowest BCUT2D eigenvalue weighted by molar-refractivity contribution is -0.216. The summed E-state index contributed by atoms with van der Waals surface area (Å²) in [5.41, 5.74) is -0.864. The molecule has 4 aliphatic carbocycles. The lowest BCUT2D eigenvalue weighted by Gasteiger charge is -2.63. The first-order valence-electron chi connectivity index (χ1n) is 11.2. The minimum Gasteiger partial charge on any atom is -0.458 e. The molecule has 4 fully saturated rings. The fourth-order valence-corrected chi connectivity index (χ4v) is 8.31. The van der Waals surface area contributed by atoms with Gasteiger partial charge in [-0.15, -0.1) is 0 Å². The van der Waals surface area contributed by atoms with E-state index in [1.807, 2.05) is 0 Å². The Bertz CT molecular complexity index is 762. The highest BCUT2D eigenvalue weighted by molar-refractivity contribution is 5.85. The smallest absolute Gasteiger partial charge is 0.331 e. The third-order valence-corrected chi connectivity index (χ3v) is 9.81. The number of hydrogen-bond acceptors (Lipinski definition) is 6. The second-order valence-electron chi connectivity index (χ2n) is 10.6. The predicted octanol–water partition coefficient (Wildman–Crippen LogP) is 1.75. The van der Waals surface area contributed by atoms with E-state index >= 15 is 0 Å². The summed E-state index contributed by atoms with van der Waals surface area (Å²) in [6, 6.07) is 0. The standard InChI is InChI=1S/C23H32O6/c1-21-6-4-16-17(3-2-14-9-18(25)19(26)10-22(14,16)12-24)23(21,28)7-5-15(21)13-8-20(27)29-11-13/h8,12,14-19,25-26,28H,2-7,9-11H2,1H3/t14-,15?,16?,17-,18?,19?,21?,22?,23?/m0/s1. The Balaban J connectivity index is 1.50. The number of esters is 1. The topological polar surface area (TPSA) is 104 Å². The molecule has 0 spiro atoms. The molecule has 7 unspecified atom stereocenters. The molecule has 5 rings (SSSR count). The van der Waals surface area contributed by atoms with Crippen LogP contribution in [0.1, 0.15) is 58.3 Å². The molecule has 6 nitrogen and oxygen atoms in total. The minimum atomic E-state index is -0.880. The van der Waals surface area contributed by atoms with Gasteiger partial charge in [0, 0.05) is 16.9 Å². The molecule has 29 heavy (non-hydrogen) atoms. The molecule has 5 aliphatic rings. The number of aliphatic hydroxyl groups excluding tert-OH is 2. The Morgan fingerprint density at radius 3 is 2.59 bits per heavy atom. The summed E-state index contributed by atoms with van der Waals surface area (Å²) in [5, 5.41) is 32.7. The van der Waals surface area contributed by atoms with Crippen molar-refractivity contribution in [3.8, 4) is 0 Å². The van der Waals surface area contributed by atoms with Gasteiger partial charge in [0.1, 0.15) is 12.9 Å². The highest BCUT2D eigenvalue weighted by Crippen LogP contribution is 2.69. The second kappa shape index (κ2) is 6.38. The molecule has 0 aromatic carbocycles. The lowest BCUT2D eigenvalue weighted by atomic mass is 9.43. The molecular weight excluding hydrogens is 372 g/mol. The van der Waals surface area contributed by atoms with E-state index in [-0.39, 0.29) is 35.1 Å². The quantitative estimate of drug-likeness (QED) is 0.479. The van der Waals surface area contributed by atoms with Crippen LogP contribution in [0.5, 0.6) is 0 Å². The maximum atomic E-state index is 12.5. The third kappa shape index (κ3) is 2.45. The maximum Gasteiger partial charge on any atom is 0.331 e. The van der Waals surface area contributed by atoms with Crippen molar-refractivity contribution in [3.05, 3.63) is 11.6 Å². The van der Waals surface area contributed by atoms with Gasteiger partial charge >= 0.3 is 5.97 Å². The molecule has 0 saturated heterocycles. The molecular formula is C23H32O6. The number of hydrogen-bond donors (Lipinski definition) is 3. The van der Waals surface area contributed by atoms with E-state index in [0.29, 0.717) is 25.9 Å². The molecule has 4 saturated carbocycles. The summed E-state index contributed by atoms with van der Waals surface area (Å²) < 4.78 is 5.16. The van der Waals surface area contributed by atoms with Gasteiger partial charge < -0.3 is 24.9 Å². The predicted molar refractivity (Wildman–Crippen MR) is 104 cm³/mol. The zero-order valence-electron chi connectivity index (χ0n) is 17.0. The van der Waals surface area contributed by atoms with E-state index in [2.05, 4.69) is 6.92 Å². The fraction of sp³-hybridized carbons (Fsp3) is 0.826. The summed E-state index contributed by atoms with van der Waals surface area (Å²) in [6.07, 6.45) is 6.57. The SMILES string of the molecule is CC12CCC3[C@H](CC[C@H]4CC(O)C(O)CC34C=O)C1(O)CCC2C1=CC(=O)OC1. The Labute approximate surface area is 171 Å². The molecule has 0 radical (unpaired) electrons. The van der Waals surface area contributed by atoms with E-state index in [1.54, 1.807) is 6.08 Å². The van der Waals surface area contributed by atoms with Crippen LogP contribution in [0.2, 0.25) is 0 Å². The fourth-order valence-electron chi connectivity index (χ4n) is 8.31. The first kappa shape index (κ1) is 19.7. The van der Waals surface area contributed by atoms with Gasteiger partial charge in [0.25, 0.3) is 0 Å². The monoisotopic (exact) mass is 404 g/mol. The van der Waals surface area contributed by atoms with Crippen molar-refractivity contribution in [1.29, 1.82) is 0 Å². The highest BCUT2D eigenvalue weighted by atomic mass is 16.5. The number of carbonyl (C=O) groups excluding carboxylic acids is 2. The summed E-state index contributed by atoms with van der Waals surface area (Å²) in [4.78, 5) is 24.1. The van der Waals surface area contributed by atoms with Gasteiger partial charge in [-0.2, -0.15) is 0 Å². The van der Waals surface area contributed by atoms with Gasteiger partial charge in [-0.1, -0.05) is 6.92 Å². The van der Waals surface area contributed by atoms with Crippen molar-refractivity contribution >= 4 is 12.3 Å². The van der Waals surface area contributed by atoms with Crippen LogP contribution in [-0.4, -0.2) is 52.0 Å². The summed E-state index contributed by atoms with van der Waals surface area (Å²) in [6.45, 7) is 2.48. The molecule has 0 aromatic heterocycles. The van der Waals surface area contributed by atoms with Gasteiger partial charge in [0.2, 0.25) is 0 Å². The molecule has 1 heterocycles. The van der Waals surface area contributed by atoms with Crippen LogP contribution in [0, 0.1) is 34.5 Å². The minimum absolute atomic E-state index is 0.00812. The number of fused-ring (bicyclic) bond motifs is 5. The van der Waals surface area contributed by atoms with Gasteiger partial charge in [-0.25, -0.2) is 4.79 Å². The van der Waals surface area contributed by atoms with Crippen molar-refractivity contribution in [3.63, 3.8) is 0 Å². The van der Waals surface area contributed by atoms with Crippen molar-refractivity contribution in [2.75, 3.05) is 6.61 Å². The van der Waals surface area contributed by atoms with Crippen molar-refractivity contribution in [1.82, 2.24) is 0 Å². The number of aldehydes is 1. The van der Waals surface area contributed by atoms with E-state index in [0.717, 1.165) is 44.0 Å². The molecule has 0 aromatic rings. The Morgan fingerprint density at radius 1 is 1.10 bits per heavy atom. The average Bonchev–Trinajstić information content (AvgIpc) is 3.23. The molecule has 9 atom stereocenters. The average molecular weight is 405 g/mol. The van der Waals surface area contributed by atoms with E-state index in [1.165, 1.54) is 0 Å². The molecule has 0 amide bonds. The highest BCUT2D eigenvalue weighted by Gasteiger charge is 2.69. The molecule has 160 valence electrons. The Hall–Kier alpha value is -1.24. The normalized spacial score (nSPS) is 54.1. The van der Waals surface area contributed by atoms with Crippen LogP contribution in [0.25, 0.3) is 0 Å². The number of carbonyl (C=O) groups is 2. The zero-order chi connectivity index (χ0) is 20.6. The Morgan fingerprint density at radius 2 is 1.90 bits per heavy atom. The molecule has 0 bridgehead atoms. The van der Waals surface area contributed by atoms with Gasteiger partial charge in [-0.05, 0) is 80.6 Å². The van der Waals surface area contributed by atoms with Crippen LogP contribution in [0.3, 0.4) is 0 Å². The van der Waals surface area contributed by atoms with E-state index in [4.69, 9.17) is 4.74 Å².